The zero-order valence-corrected chi connectivity index (χ0v) is 22.7. The van der Waals surface area contributed by atoms with E-state index < -0.39 is 0 Å². The SMILES string of the molecule is CCCc1ccc(-c2cc(C(=O)Nc3cc4c(s3)CC(C(C)(C)CC)CC4)c3ccccc3n2)cc1. The zero-order valence-electron chi connectivity index (χ0n) is 21.9. The Morgan fingerprint density at radius 2 is 1.86 bits per heavy atom. The number of fused-ring (bicyclic) bond motifs is 2. The minimum absolute atomic E-state index is 0.0681. The van der Waals surface area contributed by atoms with E-state index in [1.807, 2.05) is 30.3 Å². The van der Waals surface area contributed by atoms with Crippen molar-refractivity contribution in [1.29, 1.82) is 0 Å². The second kappa shape index (κ2) is 10.2. The predicted octanol–water partition coefficient (Wildman–Crippen LogP) is 8.71. The Morgan fingerprint density at radius 3 is 2.61 bits per heavy atom. The summed E-state index contributed by atoms with van der Waals surface area (Å²) in [7, 11) is 0. The smallest absolute Gasteiger partial charge is 0.257 e. The molecule has 3 nitrogen and oxygen atoms in total. The number of hydrogen-bond acceptors (Lipinski definition) is 3. The second-order valence-electron chi connectivity index (χ2n) is 10.8. The highest BCUT2D eigenvalue weighted by atomic mass is 32.1. The lowest BCUT2D eigenvalue weighted by Gasteiger charge is -2.36. The minimum Gasteiger partial charge on any atom is -0.314 e. The van der Waals surface area contributed by atoms with Crippen LogP contribution in [-0.2, 0) is 19.3 Å². The van der Waals surface area contributed by atoms with E-state index in [0.717, 1.165) is 52.8 Å². The number of anilines is 1. The first kappa shape index (κ1) is 24.7. The highest BCUT2D eigenvalue weighted by molar-refractivity contribution is 7.16. The molecule has 1 atom stereocenters. The number of rotatable bonds is 7. The summed E-state index contributed by atoms with van der Waals surface area (Å²) in [5, 5.41) is 5.06. The molecule has 0 bridgehead atoms. The average molecular weight is 497 g/mol. The first-order valence-corrected chi connectivity index (χ1v) is 14.1. The standard InChI is InChI=1S/C32H36N2OS/c1-5-9-21-12-14-22(15-13-21)28-20-26(25-10-7-8-11-27(25)33-28)31(35)34-30-18-23-16-17-24(19-29(23)36-30)32(3,4)6-2/h7-8,10-15,18,20,24H,5-6,9,16-17,19H2,1-4H3,(H,34,35). The number of aryl methyl sites for hydroxylation is 2. The van der Waals surface area contributed by atoms with E-state index in [4.69, 9.17) is 4.98 Å². The number of hydrogen-bond donors (Lipinski definition) is 1. The van der Waals surface area contributed by atoms with Crippen molar-refractivity contribution in [2.24, 2.45) is 11.3 Å². The summed E-state index contributed by atoms with van der Waals surface area (Å²) >= 11 is 1.75. The molecular formula is C32H36N2OS. The molecule has 1 amide bonds. The van der Waals surface area contributed by atoms with E-state index >= 15 is 0 Å². The molecule has 1 aliphatic rings. The third-order valence-corrected chi connectivity index (χ3v) is 9.21. The van der Waals surface area contributed by atoms with E-state index in [-0.39, 0.29) is 5.91 Å². The largest absolute Gasteiger partial charge is 0.314 e. The Kier molecular flexibility index (Phi) is 6.98. The average Bonchev–Trinajstić information content (AvgIpc) is 3.30. The monoisotopic (exact) mass is 496 g/mol. The van der Waals surface area contributed by atoms with Crippen molar-refractivity contribution < 1.29 is 4.79 Å². The van der Waals surface area contributed by atoms with Crippen molar-refractivity contribution >= 4 is 33.1 Å². The Bertz CT molecular complexity index is 1380. The fraction of sp³-hybridized carbons (Fsp3) is 0.375. The van der Waals surface area contributed by atoms with Gasteiger partial charge in [0.15, 0.2) is 0 Å². The van der Waals surface area contributed by atoms with Gasteiger partial charge >= 0.3 is 0 Å². The van der Waals surface area contributed by atoms with E-state index in [1.54, 1.807) is 11.3 Å². The number of amides is 1. The van der Waals surface area contributed by atoms with Crippen LogP contribution in [0, 0.1) is 11.3 Å². The number of para-hydroxylation sites is 1. The summed E-state index contributed by atoms with van der Waals surface area (Å²) in [5.74, 6) is 0.633. The summed E-state index contributed by atoms with van der Waals surface area (Å²) in [6.45, 7) is 9.27. The highest BCUT2D eigenvalue weighted by Crippen LogP contribution is 2.43. The summed E-state index contributed by atoms with van der Waals surface area (Å²) in [6, 6.07) is 20.6. The summed E-state index contributed by atoms with van der Waals surface area (Å²) in [6.07, 6.45) is 6.84. The van der Waals surface area contributed by atoms with E-state index in [2.05, 4.69) is 63.3 Å². The molecule has 36 heavy (non-hydrogen) atoms. The molecule has 1 unspecified atom stereocenters. The van der Waals surface area contributed by atoms with Gasteiger partial charge in [-0.05, 0) is 66.3 Å². The molecule has 0 saturated heterocycles. The van der Waals surface area contributed by atoms with Crippen LogP contribution >= 0.6 is 11.3 Å². The topological polar surface area (TPSA) is 42.0 Å². The Hall–Kier alpha value is -2.98. The van der Waals surface area contributed by atoms with Gasteiger partial charge < -0.3 is 5.32 Å². The molecule has 0 radical (unpaired) electrons. The first-order valence-electron chi connectivity index (χ1n) is 13.3. The van der Waals surface area contributed by atoms with E-state index in [1.165, 1.54) is 28.8 Å². The lowest BCUT2D eigenvalue weighted by molar-refractivity contribution is 0.102. The highest BCUT2D eigenvalue weighted by Gasteiger charge is 2.32. The molecule has 5 rings (SSSR count). The molecular weight excluding hydrogens is 460 g/mol. The molecule has 2 heterocycles. The van der Waals surface area contributed by atoms with Gasteiger partial charge in [-0.15, -0.1) is 11.3 Å². The van der Waals surface area contributed by atoms with Crippen molar-refractivity contribution in [2.45, 2.75) is 66.2 Å². The molecule has 2 aromatic carbocycles. The van der Waals surface area contributed by atoms with Crippen LogP contribution in [0.25, 0.3) is 22.2 Å². The third-order valence-electron chi connectivity index (χ3n) is 8.09. The van der Waals surface area contributed by atoms with Crippen LogP contribution in [-0.4, -0.2) is 10.9 Å². The number of carbonyl (C=O) groups excluding carboxylic acids is 1. The maximum atomic E-state index is 13.6. The molecule has 0 aliphatic heterocycles. The van der Waals surface area contributed by atoms with Gasteiger partial charge in [0.05, 0.1) is 21.8 Å². The number of nitrogens with zero attached hydrogens (tertiary/aromatic N) is 1. The van der Waals surface area contributed by atoms with Gasteiger partial charge in [-0.3, -0.25) is 4.79 Å². The molecule has 4 heteroatoms. The van der Waals surface area contributed by atoms with Crippen LogP contribution in [0.4, 0.5) is 5.00 Å². The number of thiophene rings is 1. The van der Waals surface area contributed by atoms with Gasteiger partial charge in [-0.2, -0.15) is 0 Å². The van der Waals surface area contributed by atoms with Crippen molar-refractivity contribution in [3.05, 3.63) is 82.2 Å². The quantitative estimate of drug-likeness (QED) is 0.278. The zero-order chi connectivity index (χ0) is 25.3. The Balaban J connectivity index is 1.43. The number of benzene rings is 2. The molecule has 0 fully saturated rings. The van der Waals surface area contributed by atoms with Gasteiger partial charge in [0.2, 0.25) is 0 Å². The Labute approximate surface area is 219 Å². The molecule has 2 aromatic heterocycles. The van der Waals surface area contributed by atoms with Gasteiger partial charge in [0.25, 0.3) is 5.91 Å². The van der Waals surface area contributed by atoms with Crippen LogP contribution in [0.5, 0.6) is 0 Å². The third kappa shape index (κ3) is 4.97. The number of nitrogens with one attached hydrogen (secondary N) is 1. The minimum atomic E-state index is -0.0681. The van der Waals surface area contributed by atoms with Crippen LogP contribution < -0.4 is 5.32 Å². The second-order valence-corrected chi connectivity index (χ2v) is 12.0. The fourth-order valence-corrected chi connectivity index (χ4v) is 6.53. The number of carbonyl (C=O) groups is 1. The lowest BCUT2D eigenvalue weighted by atomic mass is 9.70. The van der Waals surface area contributed by atoms with Crippen molar-refractivity contribution in [1.82, 2.24) is 4.98 Å². The van der Waals surface area contributed by atoms with Crippen LogP contribution in [0.15, 0.2) is 60.7 Å². The van der Waals surface area contributed by atoms with Crippen LogP contribution in [0.1, 0.15) is 73.3 Å². The molecule has 0 saturated carbocycles. The molecule has 186 valence electrons. The van der Waals surface area contributed by atoms with Gasteiger partial charge in [-0.25, -0.2) is 4.98 Å². The normalized spacial score (nSPS) is 15.6. The maximum absolute atomic E-state index is 13.6. The predicted molar refractivity (Wildman–Crippen MR) is 153 cm³/mol. The van der Waals surface area contributed by atoms with Crippen molar-refractivity contribution in [3.8, 4) is 11.3 Å². The number of pyridine rings is 1. The molecule has 1 N–H and O–H groups in total. The molecule has 4 aromatic rings. The Morgan fingerprint density at radius 1 is 1.08 bits per heavy atom. The van der Waals surface area contributed by atoms with Crippen LogP contribution in [0.2, 0.25) is 0 Å². The molecule has 1 aliphatic carbocycles. The summed E-state index contributed by atoms with van der Waals surface area (Å²) < 4.78 is 0. The first-order chi connectivity index (χ1) is 17.4. The van der Waals surface area contributed by atoms with E-state index in [9.17, 15) is 4.79 Å². The summed E-state index contributed by atoms with van der Waals surface area (Å²) in [5.41, 5.74) is 6.46. The maximum Gasteiger partial charge on any atom is 0.257 e. The van der Waals surface area contributed by atoms with Gasteiger partial charge in [-0.1, -0.05) is 83.0 Å². The fourth-order valence-electron chi connectivity index (χ4n) is 5.34. The van der Waals surface area contributed by atoms with Crippen molar-refractivity contribution in [2.75, 3.05) is 5.32 Å². The van der Waals surface area contributed by atoms with E-state index in [0.29, 0.717) is 16.9 Å². The van der Waals surface area contributed by atoms with Gasteiger partial charge in [0, 0.05) is 15.8 Å². The lowest BCUT2D eigenvalue weighted by Crippen LogP contribution is -2.28. The van der Waals surface area contributed by atoms with Crippen LogP contribution in [0.3, 0.4) is 0 Å². The number of aromatic nitrogens is 1. The molecule has 0 spiro atoms. The van der Waals surface area contributed by atoms with Crippen molar-refractivity contribution in [3.63, 3.8) is 0 Å². The summed E-state index contributed by atoms with van der Waals surface area (Å²) in [4.78, 5) is 19.9. The van der Waals surface area contributed by atoms with Gasteiger partial charge in [0.1, 0.15) is 0 Å².